The number of carbonyl (C=O) groups is 1. The second kappa shape index (κ2) is 4.61. The van der Waals surface area contributed by atoms with Crippen LogP contribution < -0.4 is 11.1 Å². The molecule has 76 valence electrons. The Kier molecular flexibility index (Phi) is 3.72. The highest BCUT2D eigenvalue weighted by atomic mass is 16.2. The van der Waals surface area contributed by atoms with Gasteiger partial charge in [-0.1, -0.05) is 6.92 Å². The van der Waals surface area contributed by atoms with Crippen LogP contribution in [-0.2, 0) is 4.79 Å². The van der Waals surface area contributed by atoms with Gasteiger partial charge in [-0.3, -0.25) is 4.79 Å². The lowest BCUT2D eigenvalue weighted by atomic mass is 9.87. The Morgan fingerprint density at radius 2 is 1.92 bits per heavy atom. The van der Waals surface area contributed by atoms with Crippen molar-refractivity contribution >= 4 is 5.91 Å². The molecule has 1 rings (SSSR count). The van der Waals surface area contributed by atoms with Crippen molar-refractivity contribution in [2.24, 2.45) is 11.7 Å². The molecule has 0 radical (unpaired) electrons. The van der Waals surface area contributed by atoms with Gasteiger partial charge in [-0.2, -0.15) is 0 Å². The summed E-state index contributed by atoms with van der Waals surface area (Å²) in [6.45, 7) is 3.99. The average molecular weight is 184 g/mol. The van der Waals surface area contributed by atoms with Crippen LogP contribution in [0.25, 0.3) is 0 Å². The maximum atomic E-state index is 11.3. The van der Waals surface area contributed by atoms with Crippen LogP contribution >= 0.6 is 0 Å². The highest BCUT2D eigenvalue weighted by Gasteiger charge is 2.20. The molecule has 1 fully saturated rings. The number of hydrogen-bond acceptors (Lipinski definition) is 2. The summed E-state index contributed by atoms with van der Waals surface area (Å²) in [7, 11) is 0. The Hall–Kier alpha value is -0.570. The minimum absolute atomic E-state index is 0.0143. The second-order valence-corrected chi connectivity index (χ2v) is 4.25. The Bertz CT molecular complexity index is 172. The Labute approximate surface area is 80.1 Å². The van der Waals surface area contributed by atoms with E-state index in [0.717, 1.165) is 18.8 Å². The van der Waals surface area contributed by atoms with E-state index in [9.17, 15) is 4.79 Å². The summed E-state index contributed by atoms with van der Waals surface area (Å²) in [5.41, 5.74) is 5.47. The smallest absolute Gasteiger partial charge is 0.236 e. The van der Waals surface area contributed by atoms with Crippen molar-refractivity contribution in [3.63, 3.8) is 0 Å². The lowest BCUT2D eigenvalue weighted by Gasteiger charge is -2.27. The van der Waals surface area contributed by atoms with Gasteiger partial charge in [0, 0.05) is 6.04 Å². The van der Waals surface area contributed by atoms with Crippen LogP contribution in [0.4, 0.5) is 0 Å². The van der Waals surface area contributed by atoms with Gasteiger partial charge in [-0.25, -0.2) is 0 Å². The minimum Gasteiger partial charge on any atom is -0.352 e. The van der Waals surface area contributed by atoms with Crippen molar-refractivity contribution in [1.29, 1.82) is 0 Å². The van der Waals surface area contributed by atoms with E-state index in [1.54, 1.807) is 6.92 Å². The van der Waals surface area contributed by atoms with Gasteiger partial charge in [0.25, 0.3) is 0 Å². The minimum atomic E-state index is -0.376. The normalized spacial score (nSPS) is 31.0. The number of rotatable bonds is 2. The first kappa shape index (κ1) is 10.5. The molecule has 3 heteroatoms. The fourth-order valence-electron chi connectivity index (χ4n) is 1.74. The molecule has 1 amide bonds. The molecule has 0 aromatic rings. The molecule has 3 N–H and O–H groups in total. The Balaban J connectivity index is 2.26. The van der Waals surface area contributed by atoms with Gasteiger partial charge in [0.05, 0.1) is 6.04 Å². The molecule has 0 aromatic carbocycles. The van der Waals surface area contributed by atoms with Crippen LogP contribution in [0, 0.1) is 5.92 Å². The topological polar surface area (TPSA) is 55.1 Å². The van der Waals surface area contributed by atoms with Crippen molar-refractivity contribution in [3.05, 3.63) is 0 Å². The van der Waals surface area contributed by atoms with Crippen LogP contribution in [-0.4, -0.2) is 18.0 Å². The van der Waals surface area contributed by atoms with Crippen molar-refractivity contribution < 1.29 is 4.79 Å². The third kappa shape index (κ3) is 3.35. The summed E-state index contributed by atoms with van der Waals surface area (Å²) in [5, 5.41) is 2.97. The van der Waals surface area contributed by atoms with Crippen molar-refractivity contribution in [2.75, 3.05) is 0 Å². The van der Waals surface area contributed by atoms with Gasteiger partial charge < -0.3 is 11.1 Å². The Morgan fingerprint density at radius 1 is 1.38 bits per heavy atom. The van der Waals surface area contributed by atoms with Gasteiger partial charge in [-0.15, -0.1) is 0 Å². The summed E-state index contributed by atoms with van der Waals surface area (Å²) in [4.78, 5) is 11.3. The largest absolute Gasteiger partial charge is 0.352 e. The van der Waals surface area contributed by atoms with Gasteiger partial charge in [0.1, 0.15) is 0 Å². The van der Waals surface area contributed by atoms with Gasteiger partial charge >= 0.3 is 0 Å². The van der Waals surface area contributed by atoms with E-state index in [0.29, 0.717) is 6.04 Å². The second-order valence-electron chi connectivity index (χ2n) is 4.25. The maximum absolute atomic E-state index is 11.3. The zero-order chi connectivity index (χ0) is 9.84. The molecule has 0 aliphatic heterocycles. The number of amides is 1. The van der Waals surface area contributed by atoms with Crippen molar-refractivity contribution in [3.8, 4) is 0 Å². The summed E-state index contributed by atoms with van der Waals surface area (Å²) >= 11 is 0. The molecule has 0 unspecified atom stereocenters. The number of nitrogens with two attached hydrogens (primary N) is 1. The average Bonchev–Trinajstić information content (AvgIpc) is 2.08. The molecule has 1 saturated carbocycles. The molecule has 0 aromatic heterocycles. The van der Waals surface area contributed by atoms with Crippen molar-refractivity contribution in [1.82, 2.24) is 5.32 Å². The lowest BCUT2D eigenvalue weighted by Crippen LogP contribution is -2.45. The molecule has 0 saturated heterocycles. The maximum Gasteiger partial charge on any atom is 0.236 e. The SMILES string of the molecule is CC1CCC(NC(=O)[C@H](C)N)CC1. The summed E-state index contributed by atoms with van der Waals surface area (Å²) in [6.07, 6.45) is 4.67. The standard InChI is InChI=1S/C10H20N2O/c1-7-3-5-9(6-4-7)12-10(13)8(2)11/h7-9H,3-6,11H2,1-2H3,(H,12,13)/t7?,8-,9?/m0/s1. The van der Waals surface area contributed by atoms with Crippen LogP contribution in [0.15, 0.2) is 0 Å². The highest BCUT2D eigenvalue weighted by Crippen LogP contribution is 2.23. The van der Waals surface area contributed by atoms with Crippen LogP contribution in [0.1, 0.15) is 39.5 Å². The fourth-order valence-corrected chi connectivity index (χ4v) is 1.74. The third-order valence-electron chi connectivity index (χ3n) is 2.78. The van der Waals surface area contributed by atoms with E-state index in [4.69, 9.17) is 5.73 Å². The van der Waals surface area contributed by atoms with Crippen LogP contribution in [0.3, 0.4) is 0 Å². The lowest BCUT2D eigenvalue weighted by molar-refractivity contribution is -0.122. The molecule has 0 heterocycles. The molecule has 0 bridgehead atoms. The zero-order valence-electron chi connectivity index (χ0n) is 8.55. The quantitative estimate of drug-likeness (QED) is 0.673. The first-order valence-electron chi connectivity index (χ1n) is 5.15. The molecule has 1 aliphatic carbocycles. The molecule has 1 atom stereocenters. The van der Waals surface area contributed by atoms with Crippen molar-refractivity contribution in [2.45, 2.75) is 51.6 Å². The van der Waals surface area contributed by atoms with Crippen LogP contribution in [0.5, 0.6) is 0 Å². The monoisotopic (exact) mass is 184 g/mol. The van der Waals surface area contributed by atoms with E-state index in [1.165, 1.54) is 12.8 Å². The zero-order valence-corrected chi connectivity index (χ0v) is 8.55. The van der Waals surface area contributed by atoms with Gasteiger partial charge in [-0.05, 0) is 38.5 Å². The van der Waals surface area contributed by atoms with E-state index >= 15 is 0 Å². The number of nitrogens with one attached hydrogen (secondary N) is 1. The van der Waals surface area contributed by atoms with Gasteiger partial charge in [0.15, 0.2) is 0 Å². The predicted octanol–water partition coefficient (Wildman–Crippen LogP) is 1.03. The molecule has 13 heavy (non-hydrogen) atoms. The molecule has 1 aliphatic rings. The summed E-state index contributed by atoms with van der Waals surface area (Å²) < 4.78 is 0. The van der Waals surface area contributed by atoms with E-state index in [-0.39, 0.29) is 11.9 Å². The predicted molar refractivity (Wildman–Crippen MR) is 53.2 cm³/mol. The van der Waals surface area contributed by atoms with E-state index < -0.39 is 0 Å². The van der Waals surface area contributed by atoms with E-state index in [1.807, 2.05) is 0 Å². The Morgan fingerprint density at radius 3 is 2.38 bits per heavy atom. The highest BCUT2D eigenvalue weighted by molar-refractivity contribution is 5.81. The molecule has 3 nitrogen and oxygen atoms in total. The molecular weight excluding hydrogens is 164 g/mol. The van der Waals surface area contributed by atoms with Crippen LogP contribution in [0.2, 0.25) is 0 Å². The fraction of sp³-hybridized carbons (Fsp3) is 0.900. The summed E-state index contributed by atoms with van der Waals surface area (Å²) in [5.74, 6) is 0.808. The molecule has 0 spiro atoms. The van der Waals surface area contributed by atoms with E-state index in [2.05, 4.69) is 12.2 Å². The first-order chi connectivity index (χ1) is 6.09. The summed E-state index contributed by atoms with van der Waals surface area (Å²) in [6, 6.07) is -0.00551. The number of carbonyl (C=O) groups excluding carboxylic acids is 1. The van der Waals surface area contributed by atoms with Gasteiger partial charge in [0.2, 0.25) is 5.91 Å². The molecular formula is C10H20N2O. The first-order valence-corrected chi connectivity index (χ1v) is 5.15. The number of hydrogen-bond donors (Lipinski definition) is 2. The third-order valence-corrected chi connectivity index (χ3v) is 2.78.